The second-order valence-electron chi connectivity index (χ2n) is 8.99. The summed E-state index contributed by atoms with van der Waals surface area (Å²) in [7, 11) is 3.01. The highest BCUT2D eigenvalue weighted by Gasteiger charge is 2.42. The Morgan fingerprint density at radius 1 is 1.14 bits per heavy atom. The van der Waals surface area contributed by atoms with Crippen LogP contribution in [0.4, 0.5) is 10.5 Å². The molecule has 2 heterocycles. The molecule has 0 aliphatic carbocycles. The molecule has 0 saturated carbocycles. The number of ether oxygens (including phenoxy) is 1. The molecule has 1 saturated heterocycles. The van der Waals surface area contributed by atoms with Crippen molar-refractivity contribution in [3.05, 3.63) is 48.3 Å². The number of hydrogen-bond donors (Lipinski definition) is 3. The number of thioether (sulfide) groups is 1. The molecule has 0 radical (unpaired) electrons. The first-order chi connectivity index (χ1) is 17.1. The lowest BCUT2D eigenvalue weighted by atomic mass is 10.0. The molecule has 0 bridgehead atoms. The topological polar surface area (TPSA) is 122 Å². The highest BCUT2D eigenvalue weighted by Crippen LogP contribution is 2.23. The SMILES string of the molecule is COC(=O)C(NC(=O)C1CC(NC(=O)Nc2cccc(SC)c2)CN1C(=O)c1cccn1C)C(C)C. The largest absolute Gasteiger partial charge is 0.467 e. The van der Waals surface area contributed by atoms with E-state index >= 15 is 0 Å². The van der Waals surface area contributed by atoms with Gasteiger partial charge in [0.2, 0.25) is 5.91 Å². The van der Waals surface area contributed by atoms with Crippen LogP contribution in [0.3, 0.4) is 0 Å². The lowest BCUT2D eigenvalue weighted by Gasteiger charge is -2.27. The second kappa shape index (κ2) is 12.0. The molecule has 3 N–H and O–H groups in total. The first kappa shape index (κ1) is 27.1. The standard InChI is InChI=1S/C25H33N5O5S/c1-15(2)21(24(33)35-4)28-22(31)20-13-17(14-30(20)23(32)19-10-7-11-29(19)3)27-25(34)26-16-8-6-9-18(12-16)36-5/h6-12,15,17,20-21H,13-14H2,1-5H3,(H,28,31)(H2,26,27,34). The van der Waals surface area contributed by atoms with Crippen LogP contribution in [0.2, 0.25) is 0 Å². The van der Waals surface area contributed by atoms with E-state index in [0.717, 1.165) is 4.90 Å². The number of esters is 1. The van der Waals surface area contributed by atoms with E-state index in [2.05, 4.69) is 16.0 Å². The van der Waals surface area contributed by atoms with Crippen molar-refractivity contribution >= 4 is 41.3 Å². The smallest absolute Gasteiger partial charge is 0.328 e. The highest BCUT2D eigenvalue weighted by atomic mass is 32.2. The van der Waals surface area contributed by atoms with Crippen LogP contribution in [0.15, 0.2) is 47.5 Å². The van der Waals surface area contributed by atoms with Gasteiger partial charge in [0.25, 0.3) is 5.91 Å². The number of anilines is 1. The monoisotopic (exact) mass is 515 g/mol. The van der Waals surface area contributed by atoms with E-state index in [9.17, 15) is 19.2 Å². The molecule has 3 rings (SSSR count). The van der Waals surface area contributed by atoms with Crippen molar-refractivity contribution in [2.24, 2.45) is 13.0 Å². The van der Waals surface area contributed by atoms with Gasteiger partial charge in [-0.3, -0.25) is 9.59 Å². The molecule has 36 heavy (non-hydrogen) atoms. The van der Waals surface area contributed by atoms with Crippen LogP contribution in [0.5, 0.6) is 0 Å². The summed E-state index contributed by atoms with van der Waals surface area (Å²) in [6.45, 7) is 3.74. The van der Waals surface area contributed by atoms with Gasteiger partial charge in [0.15, 0.2) is 0 Å². The summed E-state index contributed by atoms with van der Waals surface area (Å²) in [5.41, 5.74) is 1.06. The average molecular weight is 516 g/mol. The van der Waals surface area contributed by atoms with Crippen LogP contribution < -0.4 is 16.0 Å². The molecule has 1 fully saturated rings. The third-order valence-electron chi connectivity index (χ3n) is 6.11. The average Bonchev–Trinajstić information content (AvgIpc) is 3.47. The minimum absolute atomic E-state index is 0.144. The number of benzene rings is 1. The van der Waals surface area contributed by atoms with Gasteiger partial charge < -0.3 is 30.2 Å². The molecule has 3 atom stereocenters. The molecule has 194 valence electrons. The fraction of sp³-hybridized carbons (Fsp3) is 0.440. The van der Waals surface area contributed by atoms with E-state index in [1.165, 1.54) is 12.0 Å². The second-order valence-corrected chi connectivity index (χ2v) is 9.87. The lowest BCUT2D eigenvalue weighted by molar-refractivity contribution is -0.146. The predicted molar refractivity (Wildman–Crippen MR) is 138 cm³/mol. The fourth-order valence-electron chi connectivity index (χ4n) is 4.17. The number of likely N-dealkylation sites (tertiary alicyclic amines) is 1. The van der Waals surface area contributed by atoms with Crippen molar-refractivity contribution in [3.8, 4) is 0 Å². The maximum atomic E-state index is 13.3. The zero-order valence-corrected chi connectivity index (χ0v) is 21.9. The van der Waals surface area contributed by atoms with Crippen molar-refractivity contribution in [2.75, 3.05) is 25.2 Å². The van der Waals surface area contributed by atoms with Gasteiger partial charge in [0.1, 0.15) is 17.8 Å². The molecule has 11 heteroatoms. The van der Waals surface area contributed by atoms with Gasteiger partial charge in [-0.05, 0) is 48.9 Å². The summed E-state index contributed by atoms with van der Waals surface area (Å²) in [4.78, 5) is 54.0. The first-order valence-electron chi connectivity index (χ1n) is 11.7. The van der Waals surface area contributed by atoms with Crippen LogP contribution in [0.1, 0.15) is 30.8 Å². The summed E-state index contributed by atoms with van der Waals surface area (Å²) in [6, 6.07) is 8.24. The number of nitrogens with zero attached hydrogens (tertiary/aromatic N) is 2. The molecule has 1 aliphatic heterocycles. The van der Waals surface area contributed by atoms with Gasteiger partial charge in [-0.15, -0.1) is 11.8 Å². The molecule has 3 unspecified atom stereocenters. The summed E-state index contributed by atoms with van der Waals surface area (Å²) >= 11 is 1.56. The number of carbonyl (C=O) groups excluding carboxylic acids is 4. The van der Waals surface area contributed by atoms with Crippen molar-refractivity contribution in [2.45, 2.75) is 43.3 Å². The highest BCUT2D eigenvalue weighted by molar-refractivity contribution is 7.98. The number of urea groups is 1. The van der Waals surface area contributed by atoms with Gasteiger partial charge in [-0.1, -0.05) is 19.9 Å². The van der Waals surface area contributed by atoms with E-state index in [0.29, 0.717) is 11.4 Å². The Hall–Kier alpha value is -3.47. The molecule has 4 amide bonds. The van der Waals surface area contributed by atoms with E-state index in [4.69, 9.17) is 4.74 Å². The molecule has 1 aromatic heterocycles. The van der Waals surface area contributed by atoms with Crippen LogP contribution in [0, 0.1) is 5.92 Å². The minimum Gasteiger partial charge on any atom is -0.467 e. The quantitative estimate of drug-likeness (QED) is 0.367. The minimum atomic E-state index is -0.872. The Kier molecular flexibility index (Phi) is 9.03. The summed E-state index contributed by atoms with van der Waals surface area (Å²) in [5, 5.41) is 8.42. The lowest BCUT2D eigenvalue weighted by Crippen LogP contribution is -2.52. The Morgan fingerprint density at radius 2 is 1.89 bits per heavy atom. The predicted octanol–water partition coefficient (Wildman–Crippen LogP) is 2.47. The van der Waals surface area contributed by atoms with Gasteiger partial charge in [0, 0.05) is 30.4 Å². The van der Waals surface area contributed by atoms with Gasteiger partial charge >= 0.3 is 12.0 Å². The Bertz CT molecular complexity index is 1120. The number of nitrogens with one attached hydrogen (secondary N) is 3. The summed E-state index contributed by atoms with van der Waals surface area (Å²) < 4.78 is 6.50. The maximum absolute atomic E-state index is 13.3. The van der Waals surface area contributed by atoms with Crippen molar-refractivity contribution < 1.29 is 23.9 Å². The van der Waals surface area contributed by atoms with Crippen LogP contribution in [0.25, 0.3) is 0 Å². The number of hydrogen-bond acceptors (Lipinski definition) is 6. The Labute approximate surface area is 215 Å². The Morgan fingerprint density at radius 3 is 2.50 bits per heavy atom. The van der Waals surface area contributed by atoms with Crippen molar-refractivity contribution in [3.63, 3.8) is 0 Å². The summed E-state index contributed by atoms with van der Waals surface area (Å²) in [6.07, 6.45) is 3.90. The van der Waals surface area contributed by atoms with E-state index in [-0.39, 0.29) is 24.8 Å². The molecule has 1 aliphatic rings. The molecular weight excluding hydrogens is 482 g/mol. The number of aryl methyl sites for hydroxylation is 1. The third kappa shape index (κ3) is 6.39. The maximum Gasteiger partial charge on any atom is 0.328 e. The van der Waals surface area contributed by atoms with E-state index in [1.54, 1.807) is 61.6 Å². The van der Waals surface area contributed by atoms with Crippen LogP contribution in [-0.2, 0) is 21.4 Å². The molecule has 2 aromatic rings. The molecule has 0 spiro atoms. The first-order valence-corrected chi connectivity index (χ1v) is 12.9. The number of carbonyl (C=O) groups is 4. The molecule has 1 aromatic carbocycles. The number of aromatic nitrogens is 1. The van der Waals surface area contributed by atoms with Crippen molar-refractivity contribution in [1.29, 1.82) is 0 Å². The van der Waals surface area contributed by atoms with Gasteiger partial charge in [0.05, 0.1) is 13.2 Å². The number of amides is 4. The van der Waals surface area contributed by atoms with Crippen LogP contribution >= 0.6 is 11.8 Å². The van der Waals surface area contributed by atoms with E-state index in [1.807, 2.05) is 24.5 Å². The molecular formula is C25H33N5O5S. The fourth-order valence-corrected chi connectivity index (χ4v) is 4.63. The Balaban J connectivity index is 1.77. The number of methoxy groups -OCH3 is 1. The zero-order valence-electron chi connectivity index (χ0n) is 21.1. The third-order valence-corrected chi connectivity index (χ3v) is 6.84. The van der Waals surface area contributed by atoms with Crippen LogP contribution in [-0.4, -0.2) is 71.3 Å². The van der Waals surface area contributed by atoms with Gasteiger partial charge in [-0.25, -0.2) is 9.59 Å². The normalized spacial score (nSPS) is 18.0. The number of rotatable bonds is 8. The summed E-state index contributed by atoms with van der Waals surface area (Å²) in [5.74, 6) is -1.58. The zero-order chi connectivity index (χ0) is 26.4. The van der Waals surface area contributed by atoms with Crippen molar-refractivity contribution in [1.82, 2.24) is 20.1 Å². The van der Waals surface area contributed by atoms with E-state index < -0.39 is 36.0 Å². The van der Waals surface area contributed by atoms with Gasteiger partial charge in [-0.2, -0.15) is 0 Å². The molecule has 10 nitrogen and oxygen atoms in total.